The van der Waals surface area contributed by atoms with Crippen LogP contribution in [0.1, 0.15) is 28.4 Å². The fourth-order valence-electron chi connectivity index (χ4n) is 2.68. The second-order valence-corrected chi connectivity index (χ2v) is 15.6. The molecule has 3 nitrogen and oxygen atoms in total. The minimum atomic E-state index is -1.23. The molecule has 0 atom stereocenters. The number of carbonyl (C=O) groups excluding carboxylic acids is 1. The predicted molar refractivity (Wildman–Crippen MR) is 116 cm³/mol. The summed E-state index contributed by atoms with van der Waals surface area (Å²) in [6.45, 7) is 11.9. The first-order valence-corrected chi connectivity index (χ1v) is 15.2. The third-order valence-corrected chi connectivity index (χ3v) is 8.06. The van der Waals surface area contributed by atoms with Gasteiger partial charge in [-0.25, -0.2) is 0 Å². The Kier molecular flexibility index (Phi) is 8.15. The number of carbonyl (C=O) groups is 1. The summed E-state index contributed by atoms with van der Waals surface area (Å²) >= 11 is 0.256. The molecule has 2 aromatic carbocycles. The van der Waals surface area contributed by atoms with Crippen LogP contribution in [-0.4, -0.2) is 42.2 Å². The molecular weight excluding hydrogens is 419 g/mol. The third kappa shape index (κ3) is 7.17. The molecule has 0 bridgehead atoms. The van der Waals surface area contributed by atoms with Crippen molar-refractivity contribution in [3.8, 4) is 5.75 Å². The van der Waals surface area contributed by atoms with Crippen LogP contribution in [0.3, 0.4) is 0 Å². The Hall–Kier alpha value is -1.55. The average Bonchev–Trinajstić information content (AvgIpc) is 2.59. The van der Waals surface area contributed by atoms with Gasteiger partial charge in [0.05, 0.1) is 0 Å². The summed E-state index contributed by atoms with van der Waals surface area (Å²) in [5, 5.41) is 0.844. The molecule has 2 rings (SSSR count). The summed E-state index contributed by atoms with van der Waals surface area (Å²) in [4.78, 5) is 12.8. The first kappa shape index (κ1) is 21.7. The molecule has 27 heavy (non-hydrogen) atoms. The van der Waals surface area contributed by atoms with Crippen molar-refractivity contribution < 1.29 is 14.3 Å². The Balaban J connectivity index is 2.21. The zero-order chi connectivity index (χ0) is 19.9. The minimum absolute atomic E-state index is 0.201. The van der Waals surface area contributed by atoms with Crippen molar-refractivity contribution in [2.45, 2.75) is 44.9 Å². The Morgan fingerprint density at radius 1 is 1.11 bits per heavy atom. The van der Waals surface area contributed by atoms with E-state index in [1.807, 2.05) is 32.0 Å². The van der Waals surface area contributed by atoms with Crippen molar-refractivity contribution >= 4 is 33.5 Å². The molecule has 0 aromatic heterocycles. The van der Waals surface area contributed by atoms with Crippen molar-refractivity contribution in [2.75, 3.05) is 13.2 Å². The molecular formula is C22H30O3SeSi. The van der Waals surface area contributed by atoms with E-state index in [2.05, 4.69) is 43.9 Å². The molecule has 0 N–H and O–H groups in total. The molecule has 0 unspecified atom stereocenters. The van der Waals surface area contributed by atoms with Crippen LogP contribution in [0.5, 0.6) is 5.75 Å². The first-order valence-electron chi connectivity index (χ1n) is 9.41. The molecule has 0 aliphatic carbocycles. The van der Waals surface area contributed by atoms with Crippen molar-refractivity contribution in [1.29, 1.82) is 0 Å². The monoisotopic (exact) mass is 450 g/mol. The molecule has 146 valence electrons. The van der Waals surface area contributed by atoms with E-state index in [-0.39, 0.29) is 20.9 Å². The zero-order valence-corrected chi connectivity index (χ0v) is 19.7. The molecule has 0 saturated carbocycles. The Labute approximate surface area is 170 Å². The Bertz CT molecular complexity index is 754. The normalized spacial score (nSPS) is 11.3. The van der Waals surface area contributed by atoms with Crippen molar-refractivity contribution in [2.24, 2.45) is 0 Å². The van der Waals surface area contributed by atoms with Crippen LogP contribution in [0.15, 0.2) is 42.5 Å². The van der Waals surface area contributed by atoms with Gasteiger partial charge < -0.3 is 0 Å². The topological polar surface area (TPSA) is 35.5 Å². The summed E-state index contributed by atoms with van der Waals surface area (Å²) in [6, 6.07) is 15.4. The number of aryl methyl sites for hydroxylation is 1. The summed E-state index contributed by atoms with van der Waals surface area (Å²) in [5.41, 5.74) is 2.67. The van der Waals surface area contributed by atoms with E-state index in [4.69, 9.17) is 9.47 Å². The Morgan fingerprint density at radius 3 is 2.44 bits per heavy atom. The molecule has 0 amide bonds. The third-order valence-electron chi connectivity index (χ3n) is 4.13. The van der Waals surface area contributed by atoms with E-state index in [1.165, 1.54) is 4.46 Å². The Morgan fingerprint density at radius 2 is 1.81 bits per heavy atom. The van der Waals surface area contributed by atoms with Gasteiger partial charge in [-0.15, -0.1) is 0 Å². The number of rotatable bonds is 9. The maximum atomic E-state index is 12.8. The predicted octanol–water partition coefficient (Wildman–Crippen LogP) is 4.42. The number of ether oxygens (including phenoxy) is 2. The van der Waals surface area contributed by atoms with E-state index < -0.39 is 8.07 Å². The molecule has 0 aliphatic heterocycles. The second-order valence-electron chi connectivity index (χ2n) is 7.76. The number of hydrogen-bond donors (Lipinski definition) is 0. The molecule has 0 saturated heterocycles. The molecule has 0 fully saturated rings. The van der Waals surface area contributed by atoms with Crippen LogP contribution in [0.4, 0.5) is 0 Å². The van der Waals surface area contributed by atoms with Crippen LogP contribution in [0, 0.1) is 6.92 Å². The van der Waals surface area contributed by atoms with Gasteiger partial charge >= 0.3 is 171 Å². The van der Waals surface area contributed by atoms with Gasteiger partial charge in [-0.1, -0.05) is 0 Å². The van der Waals surface area contributed by atoms with Gasteiger partial charge in [0, 0.05) is 0 Å². The zero-order valence-electron chi connectivity index (χ0n) is 17.0. The van der Waals surface area contributed by atoms with Crippen LogP contribution < -0.4 is 9.20 Å². The van der Waals surface area contributed by atoms with Gasteiger partial charge in [-0.05, 0) is 0 Å². The van der Waals surface area contributed by atoms with E-state index in [0.717, 1.165) is 28.2 Å². The van der Waals surface area contributed by atoms with E-state index in [1.54, 1.807) is 0 Å². The quantitative estimate of drug-likeness (QED) is 0.420. The number of hydrogen-bond acceptors (Lipinski definition) is 3. The van der Waals surface area contributed by atoms with Crippen molar-refractivity contribution in [1.82, 2.24) is 0 Å². The average molecular weight is 450 g/mol. The van der Waals surface area contributed by atoms with Crippen LogP contribution in [0.2, 0.25) is 25.7 Å². The van der Waals surface area contributed by atoms with Crippen LogP contribution >= 0.6 is 0 Å². The van der Waals surface area contributed by atoms with Gasteiger partial charge in [0.15, 0.2) is 0 Å². The number of esters is 1. The SMILES string of the molecule is CCOc1cc(C)c(C(=O)OCC[Si](C)(C)C)c(C[Se]c2ccccc2)c1. The van der Waals surface area contributed by atoms with Gasteiger partial charge in [-0.3, -0.25) is 0 Å². The van der Waals surface area contributed by atoms with E-state index >= 15 is 0 Å². The molecule has 0 radical (unpaired) electrons. The second kappa shape index (κ2) is 10.1. The molecule has 2 aromatic rings. The van der Waals surface area contributed by atoms with E-state index in [9.17, 15) is 4.79 Å². The van der Waals surface area contributed by atoms with Crippen LogP contribution in [-0.2, 0) is 10.1 Å². The summed E-state index contributed by atoms with van der Waals surface area (Å²) in [6.07, 6.45) is 0. The first-order chi connectivity index (χ1) is 12.8. The molecule has 0 aliphatic rings. The van der Waals surface area contributed by atoms with Gasteiger partial charge in [0.1, 0.15) is 0 Å². The summed E-state index contributed by atoms with van der Waals surface area (Å²) in [7, 11) is -1.23. The van der Waals surface area contributed by atoms with Crippen molar-refractivity contribution in [3.05, 3.63) is 59.2 Å². The molecule has 5 heteroatoms. The molecule has 0 spiro atoms. The van der Waals surface area contributed by atoms with Crippen molar-refractivity contribution in [3.63, 3.8) is 0 Å². The molecule has 0 heterocycles. The summed E-state index contributed by atoms with van der Waals surface area (Å²) in [5.74, 6) is 0.625. The van der Waals surface area contributed by atoms with Gasteiger partial charge in [0.2, 0.25) is 0 Å². The fraction of sp³-hybridized carbons (Fsp3) is 0.409. The number of benzene rings is 2. The van der Waals surface area contributed by atoms with E-state index in [0.29, 0.717) is 18.8 Å². The van der Waals surface area contributed by atoms with Gasteiger partial charge in [-0.2, -0.15) is 0 Å². The standard InChI is InChI=1S/C22H30O3SeSi/c1-6-24-19-14-17(2)21(22(23)25-12-13-27(3,4)5)18(15-19)16-26-20-10-8-7-9-11-20/h7-11,14-15H,6,12-13,16H2,1-5H3. The summed E-state index contributed by atoms with van der Waals surface area (Å²) < 4.78 is 12.7. The maximum absolute atomic E-state index is 12.8. The fourth-order valence-corrected chi connectivity index (χ4v) is 5.28. The van der Waals surface area contributed by atoms with Gasteiger partial charge in [0.25, 0.3) is 0 Å². The van der Waals surface area contributed by atoms with Crippen LogP contribution in [0.25, 0.3) is 0 Å².